The Morgan fingerprint density at radius 1 is 0.543 bits per heavy atom. The van der Waals surface area contributed by atoms with E-state index in [-0.39, 0.29) is 24.7 Å². The zero-order valence-electron chi connectivity index (χ0n) is 27.0. The van der Waals surface area contributed by atoms with Gasteiger partial charge in [-0.2, -0.15) is 0 Å². The summed E-state index contributed by atoms with van der Waals surface area (Å²) in [5.74, 6) is -0.409. The number of hydrogen-bond donors (Lipinski definition) is 2. The molecule has 2 saturated carbocycles. The minimum atomic E-state index is -0.876. The fourth-order valence-electron chi connectivity index (χ4n) is 8.19. The number of carbonyl (C=O) groups excluding carboxylic acids is 2. The lowest BCUT2D eigenvalue weighted by molar-refractivity contribution is -0.146. The summed E-state index contributed by atoms with van der Waals surface area (Å²) in [6.07, 6.45) is 11.1. The molecule has 8 heteroatoms. The van der Waals surface area contributed by atoms with E-state index in [9.17, 15) is 29.4 Å². The first-order valence-electron chi connectivity index (χ1n) is 17.4. The number of carboxylic acid groups (broad SMARTS) is 2. The van der Waals surface area contributed by atoms with E-state index in [0.29, 0.717) is 36.5 Å². The van der Waals surface area contributed by atoms with Gasteiger partial charge < -0.3 is 20.0 Å². The Morgan fingerprint density at radius 2 is 0.848 bits per heavy atom. The molecule has 0 bridgehead atoms. The van der Waals surface area contributed by atoms with Gasteiger partial charge in [0.25, 0.3) is 0 Å². The van der Waals surface area contributed by atoms with Gasteiger partial charge >= 0.3 is 11.9 Å². The molecule has 2 amide bonds. The molecule has 2 aromatic carbocycles. The number of nitrogens with zero attached hydrogens (tertiary/aromatic N) is 2. The Balaban J connectivity index is 0.000000181. The van der Waals surface area contributed by atoms with Crippen molar-refractivity contribution in [3.8, 4) is 0 Å². The number of rotatable bonds is 10. The standard InChI is InChI=1S/2C19H25NO3/c2*21-18(20-12-15-8-4-5-9-16(15)13-20)11-17(19(22)23)10-14-6-2-1-3-7-14/h2*1-3,6-7,15-17H,4-5,8-13H2,(H,22,23)/t2*15-,16+,17-/m10/s1. The summed E-state index contributed by atoms with van der Waals surface area (Å²) in [6, 6.07) is 19.1. The van der Waals surface area contributed by atoms with Crippen molar-refractivity contribution < 1.29 is 29.4 Å². The Hall–Kier alpha value is -3.68. The second-order valence-electron chi connectivity index (χ2n) is 14.1. The van der Waals surface area contributed by atoms with Crippen molar-refractivity contribution in [2.24, 2.45) is 35.5 Å². The van der Waals surface area contributed by atoms with Crippen LogP contribution in [0.15, 0.2) is 60.7 Å². The third-order valence-corrected chi connectivity index (χ3v) is 10.8. The molecule has 0 radical (unpaired) electrons. The molecule has 0 aromatic heterocycles. The molecule has 4 aliphatic rings. The fraction of sp³-hybridized carbons (Fsp3) is 0.579. The molecule has 2 aliphatic heterocycles. The van der Waals surface area contributed by atoms with Gasteiger partial charge in [-0.15, -0.1) is 0 Å². The van der Waals surface area contributed by atoms with Gasteiger partial charge in [0, 0.05) is 39.0 Å². The highest BCUT2D eigenvalue weighted by molar-refractivity contribution is 5.83. The van der Waals surface area contributed by atoms with Crippen molar-refractivity contribution in [3.63, 3.8) is 0 Å². The first kappa shape index (κ1) is 33.7. The van der Waals surface area contributed by atoms with Crippen LogP contribution >= 0.6 is 0 Å². The van der Waals surface area contributed by atoms with Crippen LogP contribution in [0.4, 0.5) is 0 Å². The topological polar surface area (TPSA) is 115 Å². The summed E-state index contributed by atoms with van der Waals surface area (Å²) in [5.41, 5.74) is 1.95. The minimum absolute atomic E-state index is 0.0164. The second kappa shape index (κ2) is 16.2. The van der Waals surface area contributed by atoms with Crippen molar-refractivity contribution in [3.05, 3.63) is 71.8 Å². The van der Waals surface area contributed by atoms with Crippen molar-refractivity contribution >= 4 is 23.8 Å². The average Bonchev–Trinajstić information content (AvgIpc) is 3.70. The maximum absolute atomic E-state index is 12.6. The Morgan fingerprint density at radius 3 is 1.13 bits per heavy atom. The largest absolute Gasteiger partial charge is 0.481 e. The minimum Gasteiger partial charge on any atom is -0.481 e. The van der Waals surface area contributed by atoms with Crippen molar-refractivity contribution in [2.75, 3.05) is 26.2 Å². The predicted octanol–water partition coefficient (Wildman–Crippen LogP) is 5.94. The zero-order valence-corrected chi connectivity index (χ0v) is 27.0. The number of amides is 2. The van der Waals surface area contributed by atoms with Crippen LogP contribution in [0, 0.1) is 35.5 Å². The Kier molecular flexibility index (Phi) is 11.9. The molecule has 0 spiro atoms. The van der Waals surface area contributed by atoms with Crippen LogP contribution in [-0.4, -0.2) is 69.9 Å². The van der Waals surface area contributed by atoms with Crippen molar-refractivity contribution in [2.45, 2.75) is 77.0 Å². The van der Waals surface area contributed by atoms with E-state index in [1.54, 1.807) is 0 Å². The molecule has 2 N–H and O–H groups in total. The van der Waals surface area contributed by atoms with Crippen molar-refractivity contribution in [1.29, 1.82) is 0 Å². The average molecular weight is 631 g/mol. The summed E-state index contributed by atoms with van der Waals surface area (Å²) in [7, 11) is 0. The van der Waals surface area contributed by atoms with E-state index in [0.717, 1.165) is 37.3 Å². The van der Waals surface area contributed by atoms with E-state index in [1.807, 2.05) is 70.5 Å². The van der Waals surface area contributed by atoms with E-state index >= 15 is 0 Å². The molecule has 6 atom stereocenters. The molecule has 6 rings (SSSR count). The maximum Gasteiger partial charge on any atom is 0.307 e. The first-order chi connectivity index (χ1) is 22.3. The number of aliphatic carboxylic acids is 2. The van der Waals surface area contributed by atoms with E-state index in [1.165, 1.54) is 51.4 Å². The Bertz CT molecular complexity index is 1190. The van der Waals surface area contributed by atoms with E-state index in [2.05, 4.69) is 0 Å². The molecule has 248 valence electrons. The summed E-state index contributed by atoms with van der Waals surface area (Å²) < 4.78 is 0. The van der Waals surface area contributed by atoms with Crippen LogP contribution in [0.5, 0.6) is 0 Å². The van der Waals surface area contributed by atoms with E-state index in [4.69, 9.17) is 0 Å². The van der Waals surface area contributed by atoms with E-state index < -0.39 is 23.8 Å². The SMILES string of the molecule is O=C(O)[C@@H](CC(=O)N1C[C@H]2CCCC[C@H]2C1)Cc1ccccc1.O=C(O)[C@H](CC(=O)N1C[C@H]2CCCC[C@H]2C1)Cc1ccccc1. The summed E-state index contributed by atoms with van der Waals surface area (Å²) in [4.78, 5) is 52.0. The number of hydrogen-bond acceptors (Lipinski definition) is 4. The molecule has 4 fully saturated rings. The normalized spacial score (nSPS) is 25.0. The molecule has 8 nitrogen and oxygen atoms in total. The summed E-state index contributed by atoms with van der Waals surface area (Å²) in [5, 5.41) is 18.9. The third kappa shape index (κ3) is 9.20. The number of fused-ring (bicyclic) bond motifs is 2. The lowest BCUT2D eigenvalue weighted by Crippen LogP contribution is -2.33. The van der Waals surface area contributed by atoms with Gasteiger partial charge in [-0.25, -0.2) is 0 Å². The fourth-order valence-corrected chi connectivity index (χ4v) is 8.19. The molecule has 46 heavy (non-hydrogen) atoms. The van der Waals surface area contributed by atoms with Crippen LogP contribution in [0.1, 0.15) is 75.3 Å². The highest BCUT2D eigenvalue weighted by Crippen LogP contribution is 2.37. The summed E-state index contributed by atoms with van der Waals surface area (Å²) in [6.45, 7) is 3.34. The van der Waals surface area contributed by atoms with Crippen LogP contribution in [0.25, 0.3) is 0 Å². The zero-order chi connectivity index (χ0) is 32.5. The van der Waals surface area contributed by atoms with Gasteiger partial charge in [-0.3, -0.25) is 19.2 Å². The highest BCUT2D eigenvalue weighted by atomic mass is 16.4. The monoisotopic (exact) mass is 630 g/mol. The molecule has 2 saturated heterocycles. The predicted molar refractivity (Wildman–Crippen MR) is 176 cm³/mol. The first-order valence-corrected chi connectivity index (χ1v) is 17.4. The lowest BCUT2D eigenvalue weighted by Gasteiger charge is -2.22. The lowest BCUT2D eigenvalue weighted by atomic mass is 9.82. The van der Waals surface area contributed by atoms with Gasteiger partial charge in [0.2, 0.25) is 11.8 Å². The molecular weight excluding hydrogens is 580 g/mol. The number of benzene rings is 2. The quantitative estimate of drug-likeness (QED) is 0.336. The number of carbonyl (C=O) groups is 4. The van der Waals surface area contributed by atoms with Gasteiger partial charge in [-0.05, 0) is 73.3 Å². The van der Waals surface area contributed by atoms with Gasteiger partial charge in [0.05, 0.1) is 11.8 Å². The molecular formula is C38H50N2O6. The number of likely N-dealkylation sites (tertiary alicyclic amines) is 2. The Labute approximate surface area is 273 Å². The number of carboxylic acids is 2. The molecule has 2 heterocycles. The molecule has 2 aliphatic carbocycles. The van der Waals surface area contributed by atoms with Gasteiger partial charge in [0.1, 0.15) is 0 Å². The van der Waals surface area contributed by atoms with Crippen LogP contribution in [0.2, 0.25) is 0 Å². The summed E-state index contributed by atoms with van der Waals surface area (Å²) >= 11 is 0. The molecule has 2 aromatic rings. The van der Waals surface area contributed by atoms with Crippen LogP contribution < -0.4 is 0 Å². The second-order valence-corrected chi connectivity index (χ2v) is 14.1. The van der Waals surface area contributed by atoms with Crippen LogP contribution in [0.3, 0.4) is 0 Å². The van der Waals surface area contributed by atoms with Gasteiger partial charge in [0.15, 0.2) is 0 Å². The highest BCUT2D eigenvalue weighted by Gasteiger charge is 2.38. The van der Waals surface area contributed by atoms with Crippen molar-refractivity contribution in [1.82, 2.24) is 9.80 Å². The third-order valence-electron chi connectivity index (χ3n) is 10.8. The smallest absolute Gasteiger partial charge is 0.307 e. The van der Waals surface area contributed by atoms with Gasteiger partial charge in [-0.1, -0.05) is 86.3 Å². The molecule has 0 unspecified atom stereocenters. The van der Waals surface area contributed by atoms with Crippen LogP contribution in [-0.2, 0) is 32.0 Å². The maximum atomic E-state index is 12.6.